The van der Waals surface area contributed by atoms with Crippen LogP contribution in [0.25, 0.3) is 0 Å². The van der Waals surface area contributed by atoms with Crippen molar-refractivity contribution in [2.24, 2.45) is 0 Å². The lowest BCUT2D eigenvalue weighted by molar-refractivity contribution is 0.248. The van der Waals surface area contributed by atoms with Gasteiger partial charge in [-0.3, -0.25) is 0 Å². The molecule has 0 saturated carbocycles. The number of benzene rings is 1. The van der Waals surface area contributed by atoms with Crippen molar-refractivity contribution in [3.63, 3.8) is 0 Å². The van der Waals surface area contributed by atoms with Crippen LogP contribution in [0.4, 0.5) is 0 Å². The Hall–Kier alpha value is -0.500. The first kappa shape index (κ1) is 9.59. The van der Waals surface area contributed by atoms with Gasteiger partial charge in [-0.25, -0.2) is 0 Å². The third kappa shape index (κ3) is 2.86. The maximum absolute atomic E-state index is 5.57. The molecule has 0 aliphatic rings. The summed E-state index contributed by atoms with van der Waals surface area (Å²) in [7, 11) is 0. The molecule has 0 N–H and O–H groups in total. The Morgan fingerprint density at radius 3 is 2.42 bits per heavy atom. The summed E-state index contributed by atoms with van der Waals surface area (Å²) >= 11 is 3.36. The second kappa shape index (κ2) is 4.51. The topological polar surface area (TPSA) is 9.23 Å². The van der Waals surface area contributed by atoms with E-state index in [0.717, 1.165) is 11.1 Å². The predicted octanol–water partition coefficient (Wildman–Crippen LogP) is 3.16. The van der Waals surface area contributed by atoms with Gasteiger partial charge in [0.25, 0.3) is 0 Å². The standard InChI is InChI=1S/C10H13BrO/c1-8-3-5-10(6-4-8)12-9(2)7-11/h3-6,9H,7H2,1-2H3. The van der Waals surface area contributed by atoms with Crippen LogP contribution in [0.1, 0.15) is 12.5 Å². The number of hydrogen-bond acceptors (Lipinski definition) is 1. The van der Waals surface area contributed by atoms with E-state index in [1.165, 1.54) is 5.56 Å². The maximum Gasteiger partial charge on any atom is 0.119 e. The Bertz CT molecular complexity index is 230. The molecule has 12 heavy (non-hydrogen) atoms. The van der Waals surface area contributed by atoms with Crippen LogP contribution in [-0.4, -0.2) is 11.4 Å². The van der Waals surface area contributed by atoms with Crippen LogP contribution in [0.15, 0.2) is 24.3 Å². The minimum Gasteiger partial charge on any atom is -0.490 e. The molecule has 0 saturated heterocycles. The highest BCUT2D eigenvalue weighted by atomic mass is 79.9. The number of rotatable bonds is 3. The van der Waals surface area contributed by atoms with Gasteiger partial charge in [-0.1, -0.05) is 33.6 Å². The SMILES string of the molecule is Cc1ccc(OC(C)CBr)cc1. The zero-order valence-corrected chi connectivity index (χ0v) is 8.97. The molecule has 0 amide bonds. The van der Waals surface area contributed by atoms with Crippen LogP contribution in [0.5, 0.6) is 5.75 Å². The molecule has 0 aliphatic heterocycles. The molecule has 1 aromatic rings. The van der Waals surface area contributed by atoms with Crippen LogP contribution in [0.2, 0.25) is 0 Å². The highest BCUT2D eigenvalue weighted by Gasteiger charge is 1.99. The van der Waals surface area contributed by atoms with E-state index >= 15 is 0 Å². The molecule has 0 aliphatic carbocycles. The monoisotopic (exact) mass is 228 g/mol. The molecule has 1 atom stereocenters. The molecular formula is C10H13BrO. The highest BCUT2D eigenvalue weighted by molar-refractivity contribution is 9.09. The summed E-state index contributed by atoms with van der Waals surface area (Å²) in [6.45, 7) is 4.10. The second-order valence-electron chi connectivity index (χ2n) is 2.90. The summed E-state index contributed by atoms with van der Waals surface area (Å²) < 4.78 is 5.57. The van der Waals surface area contributed by atoms with Gasteiger partial charge in [0.2, 0.25) is 0 Å². The minimum atomic E-state index is 0.229. The molecule has 66 valence electrons. The molecule has 1 nitrogen and oxygen atoms in total. The molecule has 1 aromatic carbocycles. The average molecular weight is 229 g/mol. The van der Waals surface area contributed by atoms with Crippen molar-refractivity contribution in [1.82, 2.24) is 0 Å². The molecule has 0 fully saturated rings. The van der Waals surface area contributed by atoms with Crippen molar-refractivity contribution in [2.75, 3.05) is 5.33 Å². The fourth-order valence-corrected chi connectivity index (χ4v) is 1.01. The van der Waals surface area contributed by atoms with Gasteiger partial charge in [-0.15, -0.1) is 0 Å². The molecule has 0 bridgehead atoms. The van der Waals surface area contributed by atoms with Gasteiger partial charge in [0.1, 0.15) is 11.9 Å². The quantitative estimate of drug-likeness (QED) is 0.723. The fraction of sp³-hybridized carbons (Fsp3) is 0.400. The van der Waals surface area contributed by atoms with Gasteiger partial charge in [0, 0.05) is 5.33 Å². The summed E-state index contributed by atoms with van der Waals surface area (Å²) in [4.78, 5) is 0. The van der Waals surface area contributed by atoms with E-state index in [-0.39, 0.29) is 6.10 Å². The van der Waals surface area contributed by atoms with Crippen molar-refractivity contribution in [3.8, 4) is 5.75 Å². The van der Waals surface area contributed by atoms with Crippen LogP contribution in [0, 0.1) is 6.92 Å². The molecule has 0 heterocycles. The fourth-order valence-electron chi connectivity index (χ4n) is 0.881. The smallest absolute Gasteiger partial charge is 0.119 e. The van der Waals surface area contributed by atoms with Gasteiger partial charge in [-0.05, 0) is 26.0 Å². The second-order valence-corrected chi connectivity index (χ2v) is 3.54. The van der Waals surface area contributed by atoms with Gasteiger partial charge in [-0.2, -0.15) is 0 Å². The number of ether oxygens (including phenoxy) is 1. The number of aryl methyl sites for hydroxylation is 1. The number of hydrogen-bond donors (Lipinski definition) is 0. The van der Waals surface area contributed by atoms with Crippen LogP contribution in [-0.2, 0) is 0 Å². The van der Waals surface area contributed by atoms with Gasteiger partial charge < -0.3 is 4.74 Å². The Morgan fingerprint density at radius 1 is 1.33 bits per heavy atom. The predicted molar refractivity (Wildman–Crippen MR) is 55.1 cm³/mol. The molecule has 2 heteroatoms. The Balaban J connectivity index is 2.58. The van der Waals surface area contributed by atoms with Gasteiger partial charge in [0.15, 0.2) is 0 Å². The van der Waals surface area contributed by atoms with E-state index in [1.54, 1.807) is 0 Å². The zero-order chi connectivity index (χ0) is 8.97. The summed E-state index contributed by atoms with van der Waals surface area (Å²) in [5.41, 5.74) is 1.26. The van der Waals surface area contributed by atoms with Crippen LogP contribution >= 0.6 is 15.9 Å². The largest absolute Gasteiger partial charge is 0.490 e. The van der Waals surface area contributed by atoms with Crippen molar-refractivity contribution < 1.29 is 4.74 Å². The van der Waals surface area contributed by atoms with Gasteiger partial charge >= 0.3 is 0 Å². The summed E-state index contributed by atoms with van der Waals surface area (Å²) in [5.74, 6) is 0.938. The lowest BCUT2D eigenvalue weighted by Gasteiger charge is -2.11. The van der Waals surface area contributed by atoms with E-state index in [4.69, 9.17) is 4.74 Å². The summed E-state index contributed by atoms with van der Waals surface area (Å²) in [6, 6.07) is 8.09. The molecule has 0 spiro atoms. The number of alkyl halides is 1. The Morgan fingerprint density at radius 2 is 1.92 bits per heavy atom. The van der Waals surface area contributed by atoms with E-state index in [0.29, 0.717) is 0 Å². The first-order valence-electron chi connectivity index (χ1n) is 4.01. The first-order chi connectivity index (χ1) is 5.72. The molecule has 0 radical (unpaired) electrons. The van der Waals surface area contributed by atoms with E-state index < -0.39 is 0 Å². The zero-order valence-electron chi connectivity index (χ0n) is 7.38. The van der Waals surface area contributed by atoms with E-state index in [2.05, 4.69) is 35.0 Å². The van der Waals surface area contributed by atoms with Crippen molar-refractivity contribution in [1.29, 1.82) is 0 Å². The van der Waals surface area contributed by atoms with Crippen LogP contribution < -0.4 is 4.74 Å². The lowest BCUT2D eigenvalue weighted by atomic mass is 10.2. The van der Waals surface area contributed by atoms with Crippen molar-refractivity contribution in [2.45, 2.75) is 20.0 Å². The van der Waals surface area contributed by atoms with Crippen molar-refractivity contribution >= 4 is 15.9 Å². The lowest BCUT2D eigenvalue weighted by Crippen LogP contribution is -2.12. The molecule has 1 unspecified atom stereocenters. The first-order valence-corrected chi connectivity index (χ1v) is 5.14. The van der Waals surface area contributed by atoms with E-state index in [1.807, 2.05) is 19.1 Å². The normalized spacial score (nSPS) is 12.6. The highest BCUT2D eigenvalue weighted by Crippen LogP contribution is 2.13. The number of halogens is 1. The summed E-state index contributed by atoms with van der Waals surface area (Å²) in [6.07, 6.45) is 0.229. The van der Waals surface area contributed by atoms with Crippen molar-refractivity contribution in [3.05, 3.63) is 29.8 Å². The van der Waals surface area contributed by atoms with E-state index in [9.17, 15) is 0 Å². The van der Waals surface area contributed by atoms with Crippen LogP contribution in [0.3, 0.4) is 0 Å². The van der Waals surface area contributed by atoms with Gasteiger partial charge in [0.05, 0.1) is 0 Å². The molecule has 0 aromatic heterocycles. The Kier molecular flexibility index (Phi) is 3.60. The maximum atomic E-state index is 5.57. The summed E-state index contributed by atoms with van der Waals surface area (Å²) in [5, 5.41) is 0.862. The third-order valence-electron chi connectivity index (χ3n) is 1.58. The third-order valence-corrected chi connectivity index (χ3v) is 2.49. The minimum absolute atomic E-state index is 0.229. The molecule has 1 rings (SSSR count). The Labute approximate surface area is 81.9 Å². The average Bonchev–Trinajstić information content (AvgIpc) is 2.09. The molecular weight excluding hydrogens is 216 g/mol.